The molecule has 0 aliphatic carbocycles. The van der Waals surface area contributed by atoms with Gasteiger partial charge in [-0.25, -0.2) is 4.90 Å². The van der Waals surface area contributed by atoms with E-state index in [9.17, 15) is 32.3 Å². The molecule has 7 nitrogen and oxygen atoms in total. The van der Waals surface area contributed by atoms with Crippen LogP contribution in [0.4, 0.5) is 24.5 Å². The Labute approximate surface area is 249 Å². The number of anilines is 2. The molecule has 0 radical (unpaired) electrons. The summed E-state index contributed by atoms with van der Waals surface area (Å²) in [5.41, 5.74) is -0.376. The molecule has 3 heterocycles. The van der Waals surface area contributed by atoms with E-state index in [2.05, 4.69) is 5.32 Å². The van der Waals surface area contributed by atoms with Crippen LogP contribution in [0.3, 0.4) is 0 Å². The Hall–Kier alpha value is -3.87. The Morgan fingerprint density at radius 1 is 0.905 bits per heavy atom. The highest BCUT2D eigenvalue weighted by Gasteiger charge is 2.56. The lowest BCUT2D eigenvalue weighted by Crippen LogP contribution is -2.33. The Balaban J connectivity index is 1.38. The fourth-order valence-electron chi connectivity index (χ4n) is 5.29. The van der Waals surface area contributed by atoms with Crippen LogP contribution in [0.5, 0.6) is 0 Å². The van der Waals surface area contributed by atoms with Gasteiger partial charge in [-0.3, -0.25) is 23.7 Å². The number of amides is 3. The van der Waals surface area contributed by atoms with Gasteiger partial charge in [0.2, 0.25) is 17.7 Å². The lowest BCUT2D eigenvalue weighted by Gasteiger charge is -2.30. The highest BCUT2D eigenvalue weighted by atomic mass is 35.5. The zero-order valence-corrected chi connectivity index (χ0v) is 23.7. The Kier molecular flexibility index (Phi) is 7.24. The number of fused-ring (bicyclic) bond motifs is 2. The van der Waals surface area contributed by atoms with Gasteiger partial charge in [-0.1, -0.05) is 77.2 Å². The van der Waals surface area contributed by atoms with E-state index in [1.54, 1.807) is 54.6 Å². The number of alkyl halides is 3. The maximum atomic E-state index is 13.8. The Bertz CT molecular complexity index is 1770. The normalized spacial score (nSPS) is 19.9. The van der Waals surface area contributed by atoms with Gasteiger partial charge in [0, 0.05) is 15.8 Å². The first-order valence-corrected chi connectivity index (χ1v) is 14.7. The van der Waals surface area contributed by atoms with Crippen LogP contribution in [0.1, 0.15) is 21.9 Å². The van der Waals surface area contributed by atoms with Gasteiger partial charge in [0.05, 0.1) is 27.9 Å². The van der Waals surface area contributed by atoms with Crippen molar-refractivity contribution in [3.8, 4) is 0 Å². The molecule has 2 aliphatic heterocycles. The molecule has 1 N–H and O–H groups in total. The number of benzene rings is 3. The average molecular weight is 630 g/mol. The Morgan fingerprint density at radius 3 is 2.26 bits per heavy atom. The van der Waals surface area contributed by atoms with Crippen molar-refractivity contribution in [3.63, 3.8) is 0 Å². The summed E-state index contributed by atoms with van der Waals surface area (Å²) >= 11 is 7.88. The van der Waals surface area contributed by atoms with Gasteiger partial charge in [0.15, 0.2) is 0 Å². The molecule has 3 amide bonds. The van der Waals surface area contributed by atoms with Gasteiger partial charge < -0.3 is 5.32 Å². The van der Waals surface area contributed by atoms with Crippen molar-refractivity contribution < 1.29 is 27.6 Å². The molecule has 0 saturated carbocycles. The number of para-hydroxylation sites is 1. The van der Waals surface area contributed by atoms with Gasteiger partial charge in [-0.2, -0.15) is 13.2 Å². The predicted octanol–water partition coefficient (Wildman–Crippen LogP) is 6.02. The second kappa shape index (κ2) is 10.8. The summed E-state index contributed by atoms with van der Waals surface area (Å²) in [6.45, 7) is -0.578. The molecule has 13 heteroatoms. The number of rotatable bonds is 5. The molecule has 0 bridgehead atoms. The number of aromatic nitrogens is 1. The fourth-order valence-corrected chi connectivity index (χ4v) is 8.19. The van der Waals surface area contributed by atoms with E-state index in [4.69, 9.17) is 11.6 Å². The minimum absolute atomic E-state index is 0.332. The number of hydrogen-bond donors (Lipinski definition) is 1. The summed E-state index contributed by atoms with van der Waals surface area (Å²) in [7, 11) is 0. The molecular formula is C29H19ClF3N3O4S2. The van der Waals surface area contributed by atoms with E-state index in [1.165, 1.54) is 12.1 Å². The first kappa shape index (κ1) is 28.3. The SMILES string of the molecule is O=C(Cn1c2c(sc1=O)C(c1ccccc1)C1C(=O)N(c3ccc(Cl)cc3)C(=O)C1S2)Nc1ccccc1C(F)(F)F. The monoisotopic (exact) mass is 629 g/mol. The molecule has 4 aromatic rings. The highest BCUT2D eigenvalue weighted by Crippen LogP contribution is 2.53. The number of carbonyl (C=O) groups is 3. The molecule has 1 fully saturated rings. The molecule has 3 atom stereocenters. The molecule has 1 saturated heterocycles. The van der Waals surface area contributed by atoms with E-state index in [0.717, 1.165) is 44.7 Å². The van der Waals surface area contributed by atoms with Crippen molar-refractivity contribution in [2.24, 2.45) is 5.92 Å². The maximum Gasteiger partial charge on any atom is 0.418 e. The zero-order valence-electron chi connectivity index (χ0n) is 21.3. The van der Waals surface area contributed by atoms with E-state index >= 15 is 0 Å². The van der Waals surface area contributed by atoms with Crippen LogP contribution in [0.2, 0.25) is 5.02 Å². The third kappa shape index (κ3) is 4.93. The lowest BCUT2D eigenvalue weighted by molar-refractivity contribution is -0.137. The smallest absolute Gasteiger partial charge is 0.324 e. The third-order valence-corrected chi connectivity index (χ3v) is 9.96. The number of nitrogens with zero attached hydrogens (tertiary/aromatic N) is 2. The van der Waals surface area contributed by atoms with Crippen molar-refractivity contribution in [1.29, 1.82) is 0 Å². The third-order valence-electron chi connectivity index (χ3n) is 7.10. The lowest BCUT2D eigenvalue weighted by atomic mass is 9.83. The van der Waals surface area contributed by atoms with Gasteiger partial charge in [-0.05, 0) is 42.0 Å². The maximum absolute atomic E-state index is 13.8. The van der Waals surface area contributed by atoms with E-state index in [-0.39, 0.29) is 0 Å². The number of thiazole rings is 1. The number of nitrogens with one attached hydrogen (secondary N) is 1. The molecular weight excluding hydrogens is 611 g/mol. The second-order valence-electron chi connectivity index (χ2n) is 9.66. The fraction of sp³-hybridized carbons (Fsp3) is 0.172. The number of hydrogen-bond acceptors (Lipinski definition) is 6. The van der Waals surface area contributed by atoms with Crippen LogP contribution in [0.15, 0.2) is 88.7 Å². The molecule has 0 spiro atoms. The minimum atomic E-state index is -4.69. The van der Waals surface area contributed by atoms with Crippen molar-refractivity contribution >= 4 is 63.8 Å². The van der Waals surface area contributed by atoms with Crippen LogP contribution in [-0.2, 0) is 27.1 Å². The van der Waals surface area contributed by atoms with E-state index in [0.29, 0.717) is 26.2 Å². The molecule has 214 valence electrons. The number of carbonyl (C=O) groups excluding carboxylic acids is 3. The molecule has 6 rings (SSSR count). The Morgan fingerprint density at radius 2 is 1.57 bits per heavy atom. The van der Waals surface area contributed by atoms with Gasteiger partial charge >= 0.3 is 11.0 Å². The summed E-state index contributed by atoms with van der Waals surface area (Å²) in [6.07, 6.45) is -4.69. The first-order valence-electron chi connectivity index (χ1n) is 12.6. The summed E-state index contributed by atoms with van der Waals surface area (Å²) in [5.74, 6) is -3.22. The molecule has 1 aromatic heterocycles. The van der Waals surface area contributed by atoms with Crippen LogP contribution >= 0.6 is 34.7 Å². The van der Waals surface area contributed by atoms with Gasteiger partial charge in [0.25, 0.3) is 0 Å². The van der Waals surface area contributed by atoms with Crippen molar-refractivity contribution in [2.45, 2.75) is 28.9 Å². The van der Waals surface area contributed by atoms with Gasteiger partial charge in [-0.15, -0.1) is 0 Å². The average Bonchev–Trinajstić information content (AvgIpc) is 3.40. The largest absolute Gasteiger partial charge is 0.418 e. The molecule has 3 aromatic carbocycles. The second-order valence-corrected chi connectivity index (χ2v) is 12.2. The summed E-state index contributed by atoms with van der Waals surface area (Å²) in [6, 6.07) is 19.8. The van der Waals surface area contributed by atoms with Crippen molar-refractivity contribution in [2.75, 3.05) is 10.2 Å². The topological polar surface area (TPSA) is 88.5 Å². The van der Waals surface area contributed by atoms with E-state index < -0.39 is 63.7 Å². The number of imide groups is 1. The van der Waals surface area contributed by atoms with Gasteiger partial charge in [0.1, 0.15) is 11.8 Å². The number of thioether (sulfide) groups is 1. The van der Waals surface area contributed by atoms with Crippen LogP contribution < -0.4 is 15.1 Å². The van der Waals surface area contributed by atoms with Crippen molar-refractivity contribution in [1.82, 2.24) is 4.57 Å². The number of halogens is 4. The summed E-state index contributed by atoms with van der Waals surface area (Å²) in [4.78, 5) is 54.8. The standard InChI is InChI=1S/C29H19ClF3N3O4S2/c30-16-10-12-17(13-11-16)36-25(38)22-21(15-6-2-1-3-7-15)24-27(41-23(22)26(36)39)35(28(40)42-24)14-20(37)34-19-9-5-4-8-18(19)29(31,32)33/h1-13,21-23H,14H2,(H,34,37). The zero-order chi connectivity index (χ0) is 29.8. The highest BCUT2D eigenvalue weighted by molar-refractivity contribution is 8.00. The van der Waals surface area contributed by atoms with E-state index in [1.807, 2.05) is 0 Å². The van der Waals surface area contributed by atoms with Crippen LogP contribution in [0, 0.1) is 5.92 Å². The predicted molar refractivity (Wildman–Crippen MR) is 154 cm³/mol. The quantitative estimate of drug-likeness (QED) is 0.273. The molecule has 3 unspecified atom stereocenters. The minimum Gasteiger partial charge on any atom is -0.324 e. The molecule has 42 heavy (non-hydrogen) atoms. The first-order chi connectivity index (χ1) is 20.0. The van der Waals surface area contributed by atoms with Crippen molar-refractivity contribution in [3.05, 3.63) is 110 Å². The van der Waals surface area contributed by atoms with Crippen LogP contribution in [0.25, 0.3) is 0 Å². The summed E-state index contributed by atoms with van der Waals surface area (Å²) < 4.78 is 41.5. The molecule has 2 aliphatic rings. The summed E-state index contributed by atoms with van der Waals surface area (Å²) in [5, 5.41) is 2.13. The van der Waals surface area contributed by atoms with Crippen LogP contribution in [-0.4, -0.2) is 27.5 Å².